The van der Waals surface area contributed by atoms with Crippen molar-refractivity contribution < 1.29 is 0 Å². The molecule has 112 valence electrons. The van der Waals surface area contributed by atoms with E-state index < -0.39 is 0 Å². The molecule has 4 heteroatoms. The van der Waals surface area contributed by atoms with Crippen molar-refractivity contribution in [3.8, 4) is 11.3 Å². The lowest BCUT2D eigenvalue weighted by atomic mass is 10.1. The van der Waals surface area contributed by atoms with Gasteiger partial charge in [-0.15, -0.1) is 0 Å². The van der Waals surface area contributed by atoms with Crippen molar-refractivity contribution in [2.24, 2.45) is 0 Å². The van der Waals surface area contributed by atoms with Crippen LogP contribution in [0.1, 0.15) is 26.1 Å². The molecule has 0 aliphatic carbocycles. The first kappa shape index (κ1) is 15.3. The number of aryl methyl sites for hydroxylation is 1. The molecule has 4 nitrogen and oxygen atoms in total. The number of rotatable bonds is 6. The Bertz CT molecular complexity index is 552. The van der Waals surface area contributed by atoms with Crippen molar-refractivity contribution >= 4 is 11.5 Å². The van der Waals surface area contributed by atoms with E-state index in [-0.39, 0.29) is 0 Å². The topological polar surface area (TPSA) is 41.1 Å². The van der Waals surface area contributed by atoms with Gasteiger partial charge in [-0.1, -0.05) is 19.1 Å². The van der Waals surface area contributed by atoms with E-state index in [1.54, 1.807) is 0 Å². The molecule has 0 unspecified atom stereocenters. The van der Waals surface area contributed by atoms with Gasteiger partial charge in [0.1, 0.15) is 11.6 Å². The maximum Gasteiger partial charge on any atom is 0.131 e. The van der Waals surface area contributed by atoms with E-state index in [0.717, 1.165) is 42.3 Å². The smallest absolute Gasteiger partial charge is 0.131 e. The van der Waals surface area contributed by atoms with Gasteiger partial charge in [-0.05, 0) is 25.5 Å². The van der Waals surface area contributed by atoms with Gasteiger partial charge in [-0.25, -0.2) is 9.97 Å². The third-order valence-electron chi connectivity index (χ3n) is 3.28. The number of hydrogen-bond acceptors (Lipinski definition) is 4. The largest absolute Gasteiger partial charge is 0.378 e. The molecule has 0 amide bonds. The normalized spacial score (nSPS) is 10.5. The molecule has 0 fully saturated rings. The van der Waals surface area contributed by atoms with Crippen LogP contribution in [0.5, 0.6) is 0 Å². The van der Waals surface area contributed by atoms with E-state index in [1.807, 2.05) is 20.2 Å². The Morgan fingerprint density at radius 2 is 1.76 bits per heavy atom. The van der Waals surface area contributed by atoms with Crippen molar-refractivity contribution in [1.82, 2.24) is 9.97 Å². The van der Waals surface area contributed by atoms with Gasteiger partial charge in [0.15, 0.2) is 0 Å². The monoisotopic (exact) mass is 284 g/mol. The summed E-state index contributed by atoms with van der Waals surface area (Å²) < 4.78 is 0. The maximum absolute atomic E-state index is 4.69. The van der Waals surface area contributed by atoms with E-state index in [2.05, 4.69) is 58.3 Å². The highest BCUT2D eigenvalue weighted by atomic mass is 15.1. The minimum Gasteiger partial charge on any atom is -0.378 e. The summed E-state index contributed by atoms with van der Waals surface area (Å²) >= 11 is 0. The van der Waals surface area contributed by atoms with Gasteiger partial charge in [-0.2, -0.15) is 0 Å². The molecule has 0 spiro atoms. The van der Waals surface area contributed by atoms with Gasteiger partial charge in [0.2, 0.25) is 0 Å². The summed E-state index contributed by atoms with van der Waals surface area (Å²) in [6, 6.07) is 10.5. The molecule has 1 N–H and O–H groups in total. The summed E-state index contributed by atoms with van der Waals surface area (Å²) in [5.41, 5.74) is 3.29. The number of nitrogens with one attached hydrogen (secondary N) is 1. The minimum atomic E-state index is 0.863. The maximum atomic E-state index is 4.69. The third-order valence-corrected chi connectivity index (χ3v) is 3.28. The van der Waals surface area contributed by atoms with Crippen LogP contribution in [0.15, 0.2) is 30.3 Å². The quantitative estimate of drug-likeness (QED) is 0.880. The van der Waals surface area contributed by atoms with Gasteiger partial charge < -0.3 is 10.2 Å². The summed E-state index contributed by atoms with van der Waals surface area (Å²) in [5.74, 6) is 1.81. The Balaban J connectivity index is 2.36. The molecule has 2 aromatic rings. The Labute approximate surface area is 127 Å². The van der Waals surface area contributed by atoms with Crippen molar-refractivity contribution in [2.45, 2.75) is 26.7 Å². The van der Waals surface area contributed by atoms with Crippen LogP contribution in [-0.2, 0) is 6.42 Å². The molecule has 0 aliphatic heterocycles. The molecular weight excluding hydrogens is 260 g/mol. The summed E-state index contributed by atoms with van der Waals surface area (Å²) in [4.78, 5) is 11.3. The van der Waals surface area contributed by atoms with Crippen molar-refractivity contribution in [3.05, 3.63) is 36.2 Å². The summed E-state index contributed by atoms with van der Waals surface area (Å²) in [5, 5.41) is 3.29. The predicted molar refractivity (Wildman–Crippen MR) is 90.0 cm³/mol. The standard InChI is InChI=1S/C17H24N4/c1-5-7-16-19-15(12-17(20-16)18-6-2)13-8-10-14(11-9-13)21(3)4/h8-12H,5-7H2,1-4H3,(H,18,19,20). The van der Waals surface area contributed by atoms with Crippen LogP contribution in [-0.4, -0.2) is 30.6 Å². The highest BCUT2D eigenvalue weighted by Crippen LogP contribution is 2.23. The van der Waals surface area contributed by atoms with Crippen LogP contribution in [0, 0.1) is 0 Å². The fraction of sp³-hybridized carbons (Fsp3) is 0.412. The van der Waals surface area contributed by atoms with Crippen LogP contribution in [0.3, 0.4) is 0 Å². The lowest BCUT2D eigenvalue weighted by molar-refractivity contribution is 0.836. The number of anilines is 2. The Morgan fingerprint density at radius 1 is 1.05 bits per heavy atom. The van der Waals surface area contributed by atoms with E-state index >= 15 is 0 Å². The van der Waals surface area contributed by atoms with E-state index in [4.69, 9.17) is 0 Å². The summed E-state index contributed by atoms with van der Waals surface area (Å²) in [6.07, 6.45) is 1.95. The Kier molecular flexibility index (Phi) is 5.14. The van der Waals surface area contributed by atoms with Crippen LogP contribution in [0.4, 0.5) is 11.5 Å². The highest BCUT2D eigenvalue weighted by molar-refractivity contribution is 5.65. The van der Waals surface area contributed by atoms with Gasteiger partial charge in [0.25, 0.3) is 0 Å². The van der Waals surface area contributed by atoms with Gasteiger partial charge >= 0.3 is 0 Å². The molecule has 1 heterocycles. The zero-order valence-corrected chi connectivity index (χ0v) is 13.3. The summed E-state index contributed by atoms with van der Waals surface area (Å²) in [6.45, 7) is 5.09. The SMILES string of the molecule is CCCc1nc(NCC)cc(-c2ccc(N(C)C)cc2)n1. The molecule has 0 saturated heterocycles. The fourth-order valence-electron chi connectivity index (χ4n) is 2.18. The van der Waals surface area contributed by atoms with Gasteiger partial charge in [-0.3, -0.25) is 0 Å². The lowest BCUT2D eigenvalue weighted by Gasteiger charge is -2.13. The molecule has 0 bridgehead atoms. The van der Waals surface area contributed by atoms with Crippen LogP contribution < -0.4 is 10.2 Å². The fourth-order valence-corrected chi connectivity index (χ4v) is 2.18. The Morgan fingerprint density at radius 3 is 2.33 bits per heavy atom. The first-order chi connectivity index (χ1) is 10.1. The number of aromatic nitrogens is 2. The number of nitrogens with zero attached hydrogens (tertiary/aromatic N) is 3. The molecule has 1 aromatic carbocycles. The predicted octanol–water partition coefficient (Wildman–Crippen LogP) is 3.59. The van der Waals surface area contributed by atoms with Gasteiger partial charge in [0.05, 0.1) is 5.69 Å². The average molecular weight is 284 g/mol. The molecule has 2 rings (SSSR count). The minimum absolute atomic E-state index is 0.863. The van der Waals surface area contributed by atoms with Crippen LogP contribution in [0.25, 0.3) is 11.3 Å². The molecule has 0 aliphatic rings. The van der Waals surface area contributed by atoms with Crippen LogP contribution in [0.2, 0.25) is 0 Å². The average Bonchev–Trinajstić information content (AvgIpc) is 2.48. The second-order valence-electron chi connectivity index (χ2n) is 5.28. The van der Waals surface area contributed by atoms with E-state index in [0.29, 0.717) is 0 Å². The second kappa shape index (κ2) is 7.07. The zero-order chi connectivity index (χ0) is 15.2. The van der Waals surface area contributed by atoms with Crippen molar-refractivity contribution in [1.29, 1.82) is 0 Å². The molecule has 1 aromatic heterocycles. The van der Waals surface area contributed by atoms with E-state index in [1.165, 1.54) is 5.69 Å². The van der Waals surface area contributed by atoms with Crippen molar-refractivity contribution in [3.63, 3.8) is 0 Å². The first-order valence-corrected chi connectivity index (χ1v) is 7.53. The van der Waals surface area contributed by atoms with Gasteiger partial charge in [0, 0.05) is 44.4 Å². The molecule has 21 heavy (non-hydrogen) atoms. The first-order valence-electron chi connectivity index (χ1n) is 7.53. The Hall–Kier alpha value is -2.10. The molecule has 0 saturated carbocycles. The number of benzene rings is 1. The third kappa shape index (κ3) is 3.94. The molecule has 0 radical (unpaired) electrons. The molecular formula is C17H24N4. The van der Waals surface area contributed by atoms with Crippen LogP contribution >= 0.6 is 0 Å². The lowest BCUT2D eigenvalue weighted by Crippen LogP contribution is -2.08. The zero-order valence-electron chi connectivity index (χ0n) is 13.3. The summed E-state index contributed by atoms with van der Waals surface area (Å²) in [7, 11) is 4.09. The van der Waals surface area contributed by atoms with Crippen molar-refractivity contribution in [2.75, 3.05) is 30.9 Å². The highest BCUT2D eigenvalue weighted by Gasteiger charge is 2.06. The van der Waals surface area contributed by atoms with E-state index in [9.17, 15) is 0 Å². The molecule has 0 atom stereocenters. The number of hydrogen-bond donors (Lipinski definition) is 1. The second-order valence-corrected chi connectivity index (χ2v) is 5.28.